The number of para-hydroxylation sites is 2. The van der Waals surface area contributed by atoms with E-state index >= 15 is 0 Å². The Kier molecular flexibility index (Phi) is 6.54. The van der Waals surface area contributed by atoms with E-state index in [0.29, 0.717) is 35.0 Å². The molecule has 4 rings (SSSR count). The molecule has 2 N–H and O–H groups in total. The number of amides is 3. The van der Waals surface area contributed by atoms with Gasteiger partial charge in [-0.2, -0.15) is 0 Å². The van der Waals surface area contributed by atoms with Crippen LogP contribution in [0.5, 0.6) is 11.5 Å². The van der Waals surface area contributed by atoms with Crippen molar-refractivity contribution in [1.29, 1.82) is 0 Å². The smallest absolute Gasteiger partial charge is 0.262 e. The summed E-state index contributed by atoms with van der Waals surface area (Å²) in [6.45, 7) is 2.27. The molecule has 0 aromatic heterocycles. The molecule has 0 bridgehead atoms. The molecule has 1 aliphatic heterocycles. The molecule has 0 atom stereocenters. The normalized spacial score (nSPS) is 12.4. The van der Waals surface area contributed by atoms with Gasteiger partial charge in [0.1, 0.15) is 18.0 Å². The molecule has 1 aliphatic rings. The molecule has 0 fully saturated rings. The van der Waals surface area contributed by atoms with E-state index in [-0.39, 0.29) is 30.9 Å². The number of carbonyl (C=O) groups is 3. The molecule has 3 aromatic rings. The first-order valence-electron chi connectivity index (χ1n) is 10.5. The zero-order valence-electron chi connectivity index (χ0n) is 18.0. The van der Waals surface area contributed by atoms with E-state index in [1.807, 2.05) is 13.0 Å². The first-order valence-corrected chi connectivity index (χ1v) is 10.5. The summed E-state index contributed by atoms with van der Waals surface area (Å²) in [4.78, 5) is 38.6. The molecule has 33 heavy (non-hydrogen) atoms. The number of rotatable bonds is 7. The van der Waals surface area contributed by atoms with Crippen molar-refractivity contribution in [3.8, 4) is 11.5 Å². The van der Waals surface area contributed by atoms with Crippen molar-refractivity contribution in [2.24, 2.45) is 0 Å². The van der Waals surface area contributed by atoms with Crippen molar-refractivity contribution < 1.29 is 23.9 Å². The van der Waals surface area contributed by atoms with Crippen LogP contribution < -0.4 is 25.0 Å². The second-order valence-corrected chi connectivity index (χ2v) is 7.28. The molecular weight excluding hydrogens is 422 g/mol. The number of benzene rings is 3. The van der Waals surface area contributed by atoms with Gasteiger partial charge in [-0.1, -0.05) is 12.1 Å². The van der Waals surface area contributed by atoms with Crippen molar-refractivity contribution >= 4 is 34.8 Å². The minimum Gasteiger partial charge on any atom is -0.494 e. The highest BCUT2D eigenvalue weighted by atomic mass is 16.5. The molecule has 0 spiro atoms. The lowest BCUT2D eigenvalue weighted by atomic mass is 10.1. The van der Waals surface area contributed by atoms with Gasteiger partial charge in [0, 0.05) is 11.3 Å². The fourth-order valence-electron chi connectivity index (χ4n) is 3.41. The van der Waals surface area contributed by atoms with Crippen LogP contribution in [0, 0.1) is 0 Å². The second-order valence-electron chi connectivity index (χ2n) is 7.28. The molecule has 0 radical (unpaired) electrons. The summed E-state index contributed by atoms with van der Waals surface area (Å²) in [5.74, 6) is 0.412. The summed E-state index contributed by atoms with van der Waals surface area (Å²) in [6, 6.07) is 20.7. The van der Waals surface area contributed by atoms with Crippen LogP contribution >= 0.6 is 0 Å². The molecule has 3 amide bonds. The van der Waals surface area contributed by atoms with Gasteiger partial charge >= 0.3 is 0 Å². The van der Waals surface area contributed by atoms with Gasteiger partial charge in [-0.05, 0) is 67.6 Å². The fraction of sp³-hybridized carbons (Fsp3) is 0.160. The first-order chi connectivity index (χ1) is 16.0. The summed E-state index contributed by atoms with van der Waals surface area (Å²) < 4.78 is 10.9. The molecule has 8 nitrogen and oxygen atoms in total. The SMILES string of the molecule is CCOc1ccc(OCC(=O)Nc2ccc(C(=O)N3CC(=O)Nc4ccccc43)cc2)cc1. The molecule has 3 aromatic carbocycles. The third-order valence-corrected chi connectivity index (χ3v) is 4.94. The van der Waals surface area contributed by atoms with Gasteiger partial charge in [0.15, 0.2) is 6.61 Å². The number of fused-ring (bicyclic) bond motifs is 1. The summed E-state index contributed by atoms with van der Waals surface area (Å²) in [6.07, 6.45) is 0. The van der Waals surface area contributed by atoms with E-state index in [2.05, 4.69) is 10.6 Å². The third kappa shape index (κ3) is 5.30. The minimum absolute atomic E-state index is 0.0583. The standard InChI is InChI=1S/C25H23N3O5/c1-2-32-19-11-13-20(14-12-19)33-16-24(30)26-18-9-7-17(8-10-18)25(31)28-15-23(29)27-21-5-3-4-6-22(21)28/h3-14H,2,15-16H2,1H3,(H,26,30)(H,27,29). The highest BCUT2D eigenvalue weighted by Crippen LogP contribution is 2.30. The topological polar surface area (TPSA) is 97.0 Å². The summed E-state index contributed by atoms with van der Waals surface area (Å²) in [7, 11) is 0. The Morgan fingerprint density at radius 1 is 0.939 bits per heavy atom. The van der Waals surface area contributed by atoms with Gasteiger partial charge < -0.3 is 20.1 Å². The fourth-order valence-corrected chi connectivity index (χ4v) is 3.41. The van der Waals surface area contributed by atoms with Crippen molar-refractivity contribution in [3.05, 3.63) is 78.4 Å². The molecule has 0 aliphatic carbocycles. The lowest BCUT2D eigenvalue weighted by Crippen LogP contribution is -2.42. The quantitative estimate of drug-likeness (QED) is 0.578. The van der Waals surface area contributed by atoms with E-state index in [1.54, 1.807) is 66.7 Å². The Balaban J connectivity index is 1.35. The highest BCUT2D eigenvalue weighted by Gasteiger charge is 2.27. The zero-order chi connectivity index (χ0) is 23.2. The Bertz CT molecular complexity index is 1160. The average molecular weight is 445 g/mol. The van der Waals surface area contributed by atoms with E-state index in [1.165, 1.54) is 4.90 Å². The first kappa shape index (κ1) is 21.9. The van der Waals surface area contributed by atoms with Crippen LogP contribution in [0.2, 0.25) is 0 Å². The largest absolute Gasteiger partial charge is 0.494 e. The average Bonchev–Trinajstić information content (AvgIpc) is 2.83. The highest BCUT2D eigenvalue weighted by molar-refractivity contribution is 6.15. The molecule has 8 heteroatoms. The maximum absolute atomic E-state index is 13.0. The minimum atomic E-state index is -0.329. The predicted molar refractivity (Wildman–Crippen MR) is 125 cm³/mol. The maximum atomic E-state index is 13.0. The van der Waals surface area contributed by atoms with E-state index in [9.17, 15) is 14.4 Å². The number of nitrogens with one attached hydrogen (secondary N) is 2. The molecular formula is C25H23N3O5. The number of nitrogens with zero attached hydrogens (tertiary/aromatic N) is 1. The lowest BCUT2D eigenvalue weighted by Gasteiger charge is -2.29. The third-order valence-electron chi connectivity index (χ3n) is 4.94. The maximum Gasteiger partial charge on any atom is 0.262 e. The number of carbonyl (C=O) groups excluding carboxylic acids is 3. The van der Waals surface area contributed by atoms with Crippen molar-refractivity contribution in [3.63, 3.8) is 0 Å². The van der Waals surface area contributed by atoms with Crippen LogP contribution in [0.3, 0.4) is 0 Å². The van der Waals surface area contributed by atoms with Crippen LogP contribution in [0.1, 0.15) is 17.3 Å². The lowest BCUT2D eigenvalue weighted by molar-refractivity contribution is -0.118. The zero-order valence-corrected chi connectivity index (χ0v) is 18.0. The molecule has 168 valence electrons. The van der Waals surface area contributed by atoms with Gasteiger partial charge in [0.05, 0.1) is 18.0 Å². The number of hydrogen-bond donors (Lipinski definition) is 2. The molecule has 1 heterocycles. The number of anilines is 3. The summed E-state index contributed by atoms with van der Waals surface area (Å²) >= 11 is 0. The number of ether oxygens (including phenoxy) is 2. The Morgan fingerprint density at radius 3 is 2.30 bits per heavy atom. The monoisotopic (exact) mass is 445 g/mol. The van der Waals surface area contributed by atoms with Gasteiger partial charge in [-0.25, -0.2) is 0 Å². The van der Waals surface area contributed by atoms with Crippen molar-refractivity contribution in [2.45, 2.75) is 6.92 Å². The van der Waals surface area contributed by atoms with E-state index in [0.717, 1.165) is 5.75 Å². The van der Waals surface area contributed by atoms with Crippen LogP contribution in [0.25, 0.3) is 0 Å². The van der Waals surface area contributed by atoms with Crippen LogP contribution in [-0.2, 0) is 9.59 Å². The molecule has 0 unspecified atom stereocenters. The van der Waals surface area contributed by atoms with Gasteiger partial charge in [-0.15, -0.1) is 0 Å². The van der Waals surface area contributed by atoms with Gasteiger partial charge in [-0.3, -0.25) is 19.3 Å². The Labute approximate surface area is 191 Å². The van der Waals surface area contributed by atoms with Gasteiger partial charge in [0.2, 0.25) is 5.91 Å². The van der Waals surface area contributed by atoms with Crippen LogP contribution in [0.4, 0.5) is 17.1 Å². The van der Waals surface area contributed by atoms with Gasteiger partial charge in [0.25, 0.3) is 11.8 Å². The summed E-state index contributed by atoms with van der Waals surface area (Å²) in [5, 5.41) is 5.50. The molecule has 0 saturated heterocycles. The van der Waals surface area contributed by atoms with Crippen LogP contribution in [-0.4, -0.2) is 37.5 Å². The van der Waals surface area contributed by atoms with E-state index < -0.39 is 0 Å². The Morgan fingerprint density at radius 2 is 1.61 bits per heavy atom. The van der Waals surface area contributed by atoms with Crippen molar-refractivity contribution in [1.82, 2.24) is 0 Å². The van der Waals surface area contributed by atoms with Crippen molar-refractivity contribution in [2.75, 3.05) is 35.3 Å². The Hall–Kier alpha value is -4.33. The number of hydrogen-bond acceptors (Lipinski definition) is 5. The summed E-state index contributed by atoms with van der Waals surface area (Å²) in [5.41, 5.74) is 2.18. The van der Waals surface area contributed by atoms with Crippen LogP contribution in [0.15, 0.2) is 72.8 Å². The van der Waals surface area contributed by atoms with E-state index in [4.69, 9.17) is 9.47 Å². The molecule has 0 saturated carbocycles. The second kappa shape index (κ2) is 9.86. The predicted octanol–water partition coefficient (Wildman–Crippen LogP) is 3.70.